The Morgan fingerprint density at radius 3 is 2.82 bits per heavy atom. The second-order valence-corrected chi connectivity index (χ2v) is 1.86. The molecule has 0 aromatic carbocycles. The van der Waals surface area contributed by atoms with Crippen LogP contribution in [0.25, 0.3) is 11.2 Å². The smallest absolute Gasteiger partial charge is 0.382 e. The first-order valence-electron chi connectivity index (χ1n) is 2.77. The van der Waals surface area contributed by atoms with Crippen molar-refractivity contribution in [1.82, 2.24) is 19.9 Å². The van der Waals surface area contributed by atoms with Crippen molar-refractivity contribution >= 4 is 54.7 Å². The minimum atomic E-state index is 0. The summed E-state index contributed by atoms with van der Waals surface area (Å²) >= 11 is 0. The number of fused-ring (bicyclic) bond motifs is 1. The number of aromatic amines is 1. The van der Waals surface area contributed by atoms with Gasteiger partial charge in [0.05, 0.1) is 6.33 Å². The maximum absolute atomic E-state index is 5.48. The fourth-order valence-electron chi connectivity index (χ4n) is 0.784. The second kappa shape index (κ2) is 3.34. The zero-order chi connectivity index (χ0) is 6.97. The van der Waals surface area contributed by atoms with Crippen molar-refractivity contribution < 1.29 is 0 Å². The first-order chi connectivity index (χ1) is 4.88. The summed E-state index contributed by atoms with van der Waals surface area (Å²) in [6.45, 7) is 0. The summed E-state index contributed by atoms with van der Waals surface area (Å²) in [6, 6.07) is 0. The van der Waals surface area contributed by atoms with Gasteiger partial charge in [0.1, 0.15) is 11.8 Å². The van der Waals surface area contributed by atoms with E-state index in [0.29, 0.717) is 17.0 Å². The quantitative estimate of drug-likeness (QED) is 0.532. The van der Waals surface area contributed by atoms with Gasteiger partial charge in [0.15, 0.2) is 11.5 Å². The first kappa shape index (κ1) is 8.70. The molecular weight excluding hydrogens is 170 g/mol. The molecule has 0 saturated carbocycles. The Balaban J connectivity index is 0.000000605. The molecule has 0 aliphatic heterocycles. The number of nitrogens with one attached hydrogen (secondary N) is 1. The van der Waals surface area contributed by atoms with E-state index in [2.05, 4.69) is 19.9 Å². The minimum Gasteiger partial charge on any atom is -0.382 e. The van der Waals surface area contributed by atoms with Crippen molar-refractivity contribution in [2.24, 2.45) is 0 Å². The number of hydrogen-bond donors (Lipinski definition) is 2. The number of nitrogens with zero attached hydrogens (tertiary/aromatic N) is 3. The Morgan fingerprint density at radius 1 is 1.27 bits per heavy atom. The maximum Gasteiger partial charge on any atom is 2.00 e. The molecule has 0 aliphatic rings. The number of nitrogens with two attached hydrogens (primary N) is 1. The third kappa shape index (κ3) is 1.45. The van der Waals surface area contributed by atoms with Crippen LogP contribution in [0.4, 0.5) is 5.82 Å². The van der Waals surface area contributed by atoms with Gasteiger partial charge < -0.3 is 10.7 Å². The van der Waals surface area contributed by atoms with E-state index in [4.69, 9.17) is 5.73 Å². The van der Waals surface area contributed by atoms with Gasteiger partial charge in [0.25, 0.3) is 0 Å². The topological polar surface area (TPSA) is 80.5 Å². The van der Waals surface area contributed by atoms with Gasteiger partial charge in [-0.1, -0.05) is 0 Å². The van der Waals surface area contributed by atoms with Gasteiger partial charge in [-0.2, -0.15) is 0 Å². The predicted molar refractivity (Wildman–Crippen MR) is 41.9 cm³/mol. The number of anilines is 1. The van der Waals surface area contributed by atoms with Crippen LogP contribution in [-0.4, -0.2) is 57.7 Å². The number of imidazole rings is 1. The van der Waals surface area contributed by atoms with Crippen molar-refractivity contribution in [2.75, 3.05) is 5.73 Å². The molecule has 2 aromatic rings. The maximum atomic E-state index is 5.48. The van der Waals surface area contributed by atoms with E-state index >= 15 is 0 Å². The average Bonchev–Trinajstić information content (AvgIpc) is 2.36. The summed E-state index contributed by atoms with van der Waals surface area (Å²) in [5.74, 6) is 0.433. The molecule has 0 fully saturated rings. The summed E-state index contributed by atoms with van der Waals surface area (Å²) < 4.78 is 0. The summed E-state index contributed by atoms with van der Waals surface area (Å²) in [5.41, 5.74) is 6.78. The Morgan fingerprint density at radius 2 is 2.09 bits per heavy atom. The molecule has 11 heavy (non-hydrogen) atoms. The molecule has 6 heteroatoms. The van der Waals surface area contributed by atoms with E-state index in [1.807, 2.05) is 0 Å². The van der Waals surface area contributed by atoms with Crippen molar-refractivity contribution in [3.05, 3.63) is 12.7 Å². The summed E-state index contributed by atoms with van der Waals surface area (Å²) in [5, 5.41) is 0. The van der Waals surface area contributed by atoms with Gasteiger partial charge in [0, 0.05) is 0 Å². The predicted octanol–water partition coefficient (Wildman–Crippen LogP) is -0.446. The largest absolute Gasteiger partial charge is 2.00 e. The second-order valence-electron chi connectivity index (χ2n) is 1.86. The minimum absolute atomic E-state index is 0. The summed E-state index contributed by atoms with van der Waals surface area (Å²) in [4.78, 5) is 14.4. The van der Waals surface area contributed by atoms with Crippen LogP contribution in [0.1, 0.15) is 0 Å². The Labute approximate surface area is 92.4 Å². The molecule has 0 amide bonds. The van der Waals surface area contributed by atoms with E-state index in [-0.39, 0.29) is 37.7 Å². The molecular formula is C5H5CaN5+2. The van der Waals surface area contributed by atoms with Gasteiger partial charge in [-0.15, -0.1) is 0 Å². The molecule has 2 rings (SSSR count). The standard InChI is InChI=1S/C5H5N5.Ca/c6-4-3-5(9-1-7-3)10-2-8-4;/h1-2H,(H3,6,7,8,9,10);/q;+2. The van der Waals surface area contributed by atoms with Crippen LogP contribution in [0.2, 0.25) is 0 Å². The molecule has 5 nitrogen and oxygen atoms in total. The molecule has 0 atom stereocenters. The van der Waals surface area contributed by atoms with Crippen molar-refractivity contribution in [3.8, 4) is 0 Å². The van der Waals surface area contributed by atoms with Crippen LogP contribution >= 0.6 is 0 Å². The molecule has 0 bridgehead atoms. The van der Waals surface area contributed by atoms with Crippen molar-refractivity contribution in [3.63, 3.8) is 0 Å². The molecule has 2 aromatic heterocycles. The van der Waals surface area contributed by atoms with E-state index in [9.17, 15) is 0 Å². The zero-order valence-electron chi connectivity index (χ0n) is 5.78. The molecule has 2 heterocycles. The third-order valence-corrected chi connectivity index (χ3v) is 1.25. The number of hydrogen-bond acceptors (Lipinski definition) is 4. The molecule has 0 unspecified atom stereocenters. The van der Waals surface area contributed by atoms with Gasteiger partial charge in [0.2, 0.25) is 0 Å². The third-order valence-electron chi connectivity index (χ3n) is 1.25. The van der Waals surface area contributed by atoms with E-state index in [1.54, 1.807) is 0 Å². The van der Waals surface area contributed by atoms with Crippen LogP contribution in [-0.2, 0) is 0 Å². The van der Waals surface area contributed by atoms with Gasteiger partial charge in [-0.3, -0.25) is 0 Å². The Bertz CT molecular complexity index is 356. The van der Waals surface area contributed by atoms with Crippen LogP contribution < -0.4 is 5.73 Å². The van der Waals surface area contributed by atoms with Crippen molar-refractivity contribution in [2.45, 2.75) is 0 Å². The normalized spacial score (nSPS) is 9.45. The van der Waals surface area contributed by atoms with E-state index in [0.717, 1.165) is 0 Å². The van der Waals surface area contributed by atoms with Crippen LogP contribution in [0.15, 0.2) is 12.7 Å². The Kier molecular flexibility index (Phi) is 2.64. The Hall–Kier alpha value is -0.390. The fourth-order valence-corrected chi connectivity index (χ4v) is 0.784. The molecule has 50 valence electrons. The van der Waals surface area contributed by atoms with Gasteiger partial charge in [-0.05, 0) is 0 Å². The monoisotopic (exact) mass is 175 g/mol. The summed E-state index contributed by atoms with van der Waals surface area (Å²) in [6.07, 6.45) is 2.92. The average molecular weight is 175 g/mol. The molecule has 0 saturated heterocycles. The van der Waals surface area contributed by atoms with Gasteiger partial charge in [-0.25, -0.2) is 15.0 Å². The zero-order valence-corrected chi connectivity index (χ0v) is 7.99. The molecule has 3 N–H and O–H groups in total. The number of H-pyrrole nitrogens is 1. The fraction of sp³-hybridized carbons (Fsp3) is 0. The van der Waals surface area contributed by atoms with Crippen LogP contribution in [0.3, 0.4) is 0 Å². The molecule has 0 radical (unpaired) electrons. The molecule has 0 aliphatic carbocycles. The first-order valence-corrected chi connectivity index (χ1v) is 2.77. The number of nitrogen functional groups attached to an aromatic ring is 1. The van der Waals surface area contributed by atoms with Crippen LogP contribution in [0, 0.1) is 0 Å². The summed E-state index contributed by atoms with van der Waals surface area (Å²) in [7, 11) is 0. The number of rotatable bonds is 0. The van der Waals surface area contributed by atoms with Gasteiger partial charge >= 0.3 is 37.7 Å². The number of aromatic nitrogens is 4. The van der Waals surface area contributed by atoms with Crippen LogP contribution in [0.5, 0.6) is 0 Å². The van der Waals surface area contributed by atoms with E-state index in [1.165, 1.54) is 12.7 Å². The SMILES string of the molecule is Nc1ncnc2nc[nH]c12.[Ca+2]. The van der Waals surface area contributed by atoms with E-state index < -0.39 is 0 Å². The van der Waals surface area contributed by atoms with Crippen molar-refractivity contribution in [1.29, 1.82) is 0 Å². The molecule has 0 spiro atoms.